The van der Waals surface area contributed by atoms with E-state index in [9.17, 15) is 35.6 Å². The fourth-order valence-electron chi connectivity index (χ4n) is 3.83. The van der Waals surface area contributed by atoms with E-state index in [1.54, 1.807) is 0 Å². The summed E-state index contributed by atoms with van der Waals surface area (Å²) >= 11 is 0. The Balaban J connectivity index is 1.96. The van der Waals surface area contributed by atoms with Crippen LogP contribution in [-0.4, -0.2) is 26.8 Å². The molecule has 11 heteroatoms. The number of sulfone groups is 1. The number of cyclic esters (lactones) is 1. The third-order valence-electron chi connectivity index (χ3n) is 5.44. The lowest BCUT2D eigenvalue weighted by Crippen LogP contribution is -2.38. The Hall–Kier alpha value is -2.95. The highest BCUT2D eigenvalue weighted by Crippen LogP contribution is 2.38. The lowest BCUT2D eigenvalue weighted by Gasteiger charge is -2.34. The number of nitrogens with zero attached hydrogens (tertiary/aromatic N) is 1. The van der Waals surface area contributed by atoms with E-state index < -0.39 is 67.9 Å². The molecule has 0 radical (unpaired) electrons. The summed E-state index contributed by atoms with van der Waals surface area (Å²) in [5.74, 6) is -9.03. The molecule has 3 rings (SSSR count). The number of rotatable bonds is 8. The van der Waals surface area contributed by atoms with Crippen molar-refractivity contribution in [1.82, 2.24) is 0 Å². The number of fused-ring (bicyclic) bond motifs is 1. The molecule has 1 atom stereocenters. The fourth-order valence-corrected chi connectivity index (χ4v) is 5.31. The second-order valence-corrected chi connectivity index (χ2v) is 10.3. The second-order valence-electron chi connectivity index (χ2n) is 8.22. The maximum atomic E-state index is 14.2. The summed E-state index contributed by atoms with van der Waals surface area (Å²) in [5, 5.41) is 0. The van der Waals surface area contributed by atoms with E-state index in [0.29, 0.717) is 24.2 Å². The first-order chi connectivity index (χ1) is 15.9. The van der Waals surface area contributed by atoms with Gasteiger partial charge in [0, 0.05) is 29.7 Å². The van der Waals surface area contributed by atoms with Gasteiger partial charge in [0.15, 0.2) is 33.1 Å². The first-order valence-corrected chi connectivity index (χ1v) is 12.3. The highest BCUT2D eigenvalue weighted by Gasteiger charge is 2.34. The average molecular weight is 501 g/mol. The topological polar surface area (TPSA) is 80.8 Å². The molecule has 1 aliphatic heterocycles. The number of carbonyl (C=O) groups excluding carboxylic acids is 2. The number of Topliss-reactive ketones (excluding diaryl/α,β-unsaturated/α-hetero) is 1. The maximum Gasteiger partial charge on any atom is 0.414 e. The zero-order valence-corrected chi connectivity index (χ0v) is 19.6. The number of ketones is 1. The summed E-state index contributed by atoms with van der Waals surface area (Å²) in [5.41, 5.74) is -1.02. The highest BCUT2D eigenvalue weighted by molar-refractivity contribution is 7.89. The summed E-state index contributed by atoms with van der Waals surface area (Å²) in [6.07, 6.45) is -1.06. The van der Waals surface area contributed by atoms with Crippen LogP contribution in [-0.2, 0) is 30.9 Å². The van der Waals surface area contributed by atoms with Gasteiger partial charge in [0.25, 0.3) is 0 Å². The van der Waals surface area contributed by atoms with Gasteiger partial charge in [-0.2, -0.15) is 0 Å². The number of hydrogen-bond acceptors (Lipinski definition) is 5. The van der Waals surface area contributed by atoms with E-state index in [1.165, 1.54) is 30.0 Å². The van der Waals surface area contributed by atoms with Crippen LogP contribution in [0.25, 0.3) is 0 Å². The van der Waals surface area contributed by atoms with Gasteiger partial charge in [-0.25, -0.2) is 30.8 Å². The highest BCUT2D eigenvalue weighted by atomic mass is 32.2. The van der Waals surface area contributed by atoms with Crippen LogP contribution >= 0.6 is 0 Å². The first-order valence-electron chi connectivity index (χ1n) is 10.5. The van der Waals surface area contributed by atoms with Crippen molar-refractivity contribution in [1.29, 1.82) is 0 Å². The molecule has 6 nitrogen and oxygen atoms in total. The summed E-state index contributed by atoms with van der Waals surface area (Å²) in [4.78, 5) is 25.4. The Bertz CT molecular complexity index is 1230. The zero-order chi connectivity index (χ0) is 25.4. The number of amides is 1. The van der Waals surface area contributed by atoms with Crippen molar-refractivity contribution in [2.75, 3.05) is 11.4 Å². The molecule has 184 valence electrons. The number of anilines is 1. The van der Waals surface area contributed by atoms with Crippen LogP contribution in [0, 0.1) is 30.2 Å². The Morgan fingerprint density at radius 1 is 1.06 bits per heavy atom. The zero-order valence-electron chi connectivity index (χ0n) is 18.8. The van der Waals surface area contributed by atoms with Gasteiger partial charge < -0.3 is 4.74 Å². The molecule has 0 spiro atoms. The standard InChI is InChI=1S/C23H23F4NO5S/c1-4-7-28-17-6-5-14(9-15(17)18(8-12(2)29)33-23(28)30)10-34(31,32)11-16-21(26)19(24)13(3)20(25)22(16)27/h5-6,9,18H,4,7-8,10-11H2,1-3H3. The fraction of sp³-hybridized carbons (Fsp3) is 0.391. The molecular weight excluding hydrogens is 478 g/mol. The number of carbonyl (C=O) groups is 2. The van der Waals surface area contributed by atoms with Crippen molar-refractivity contribution in [3.8, 4) is 0 Å². The third kappa shape index (κ3) is 5.08. The van der Waals surface area contributed by atoms with Gasteiger partial charge in [0.05, 0.1) is 17.2 Å². The van der Waals surface area contributed by atoms with Gasteiger partial charge >= 0.3 is 6.09 Å². The van der Waals surface area contributed by atoms with Crippen LogP contribution in [0.4, 0.5) is 28.0 Å². The predicted octanol–water partition coefficient (Wildman–Crippen LogP) is 5.05. The van der Waals surface area contributed by atoms with Crippen molar-refractivity contribution in [3.05, 3.63) is 63.7 Å². The maximum absolute atomic E-state index is 14.2. The van der Waals surface area contributed by atoms with Crippen molar-refractivity contribution in [2.45, 2.75) is 51.2 Å². The van der Waals surface area contributed by atoms with Gasteiger partial charge in [-0.15, -0.1) is 0 Å². The molecule has 0 N–H and O–H groups in total. The summed E-state index contributed by atoms with van der Waals surface area (Å²) in [6.45, 7) is 4.35. The van der Waals surface area contributed by atoms with E-state index in [0.717, 1.165) is 6.92 Å². The SMILES string of the molecule is CCCN1C(=O)OC(CC(C)=O)c2cc(CS(=O)(=O)Cc3c(F)c(F)c(C)c(F)c3F)ccc21. The largest absolute Gasteiger partial charge is 0.440 e. The van der Waals surface area contributed by atoms with E-state index >= 15 is 0 Å². The minimum absolute atomic E-state index is 0.118. The molecule has 1 heterocycles. The third-order valence-corrected chi connectivity index (χ3v) is 6.94. The number of hydrogen-bond donors (Lipinski definition) is 0. The van der Waals surface area contributed by atoms with E-state index in [1.807, 2.05) is 6.92 Å². The van der Waals surface area contributed by atoms with Crippen molar-refractivity contribution < 1.29 is 40.3 Å². The van der Waals surface area contributed by atoms with Crippen LogP contribution < -0.4 is 4.90 Å². The van der Waals surface area contributed by atoms with Crippen LogP contribution in [0.3, 0.4) is 0 Å². The predicted molar refractivity (Wildman–Crippen MR) is 116 cm³/mol. The second kappa shape index (κ2) is 9.73. The lowest BCUT2D eigenvalue weighted by atomic mass is 9.98. The van der Waals surface area contributed by atoms with Crippen molar-refractivity contribution in [2.24, 2.45) is 0 Å². The van der Waals surface area contributed by atoms with Crippen LogP contribution in [0.15, 0.2) is 18.2 Å². The summed E-state index contributed by atoms with van der Waals surface area (Å²) in [7, 11) is -4.28. The Kier molecular flexibility index (Phi) is 7.35. The van der Waals surface area contributed by atoms with Crippen molar-refractivity contribution in [3.63, 3.8) is 0 Å². The van der Waals surface area contributed by atoms with Gasteiger partial charge in [-0.1, -0.05) is 13.0 Å². The van der Waals surface area contributed by atoms with E-state index in [2.05, 4.69) is 0 Å². The van der Waals surface area contributed by atoms with E-state index in [4.69, 9.17) is 4.74 Å². The molecule has 1 unspecified atom stereocenters. The van der Waals surface area contributed by atoms with Gasteiger partial charge in [0.2, 0.25) is 0 Å². The molecule has 0 aliphatic carbocycles. The lowest BCUT2D eigenvalue weighted by molar-refractivity contribution is -0.119. The summed E-state index contributed by atoms with van der Waals surface area (Å²) in [6, 6.07) is 4.37. The molecule has 0 saturated heterocycles. The Morgan fingerprint density at radius 2 is 1.68 bits per heavy atom. The van der Waals surface area contributed by atoms with E-state index in [-0.39, 0.29) is 17.8 Å². The Labute approximate surface area is 194 Å². The molecule has 34 heavy (non-hydrogen) atoms. The summed E-state index contributed by atoms with van der Waals surface area (Å²) < 4.78 is 86.9. The number of halogens is 4. The molecule has 0 bridgehead atoms. The van der Waals surface area contributed by atoms with Crippen LogP contribution in [0.2, 0.25) is 0 Å². The molecule has 2 aromatic rings. The molecular formula is C23H23F4NO5S. The molecule has 0 fully saturated rings. The van der Waals surface area contributed by atoms with Crippen LogP contribution in [0.5, 0.6) is 0 Å². The molecule has 0 saturated carbocycles. The van der Waals surface area contributed by atoms with Crippen molar-refractivity contribution >= 4 is 27.4 Å². The van der Waals surface area contributed by atoms with Gasteiger partial charge in [0.1, 0.15) is 11.9 Å². The van der Waals surface area contributed by atoms with Gasteiger partial charge in [-0.3, -0.25) is 9.69 Å². The monoisotopic (exact) mass is 501 g/mol. The quantitative estimate of drug-likeness (QED) is 0.374. The minimum atomic E-state index is -4.28. The van der Waals surface area contributed by atoms with Gasteiger partial charge in [-0.05, 0) is 38.0 Å². The minimum Gasteiger partial charge on any atom is -0.440 e. The van der Waals surface area contributed by atoms with Crippen LogP contribution in [0.1, 0.15) is 55.0 Å². The smallest absolute Gasteiger partial charge is 0.414 e. The average Bonchev–Trinajstić information content (AvgIpc) is 2.76. The first kappa shape index (κ1) is 25.7. The number of benzene rings is 2. The molecule has 1 aliphatic rings. The molecule has 0 aromatic heterocycles. The molecule has 2 aromatic carbocycles. The normalized spacial score (nSPS) is 15.8. The Morgan fingerprint density at radius 3 is 2.24 bits per heavy atom. The molecule has 1 amide bonds. The number of ether oxygens (including phenoxy) is 1.